The minimum Gasteiger partial charge on any atom is -0.493 e. The van der Waals surface area contributed by atoms with E-state index in [9.17, 15) is 4.79 Å². The van der Waals surface area contributed by atoms with Gasteiger partial charge in [0.2, 0.25) is 0 Å². The van der Waals surface area contributed by atoms with Crippen LogP contribution in [0.2, 0.25) is 0 Å². The summed E-state index contributed by atoms with van der Waals surface area (Å²) >= 11 is 0. The fourth-order valence-electron chi connectivity index (χ4n) is 3.35. The van der Waals surface area contributed by atoms with Crippen molar-refractivity contribution in [2.45, 2.75) is 26.0 Å². The maximum absolute atomic E-state index is 13.0. The number of rotatable bonds is 5. The van der Waals surface area contributed by atoms with Crippen LogP contribution in [0.4, 0.5) is 0 Å². The molecular formula is C21H21NO4. The van der Waals surface area contributed by atoms with E-state index < -0.39 is 0 Å². The van der Waals surface area contributed by atoms with Gasteiger partial charge in [-0.2, -0.15) is 0 Å². The number of carbonyl (C=O) groups excluding carboxylic acids is 1. The third-order valence-corrected chi connectivity index (χ3v) is 4.62. The van der Waals surface area contributed by atoms with Gasteiger partial charge in [-0.15, -0.1) is 0 Å². The lowest BCUT2D eigenvalue weighted by atomic mass is 10.0. The molecule has 2 heterocycles. The fourth-order valence-corrected chi connectivity index (χ4v) is 3.35. The highest BCUT2D eigenvalue weighted by atomic mass is 16.5. The number of para-hydroxylation sites is 2. The van der Waals surface area contributed by atoms with Crippen molar-refractivity contribution >= 4 is 16.9 Å². The number of nitrogens with one attached hydrogen (secondary N) is 1. The number of ether oxygens (including phenoxy) is 2. The van der Waals surface area contributed by atoms with Gasteiger partial charge < -0.3 is 19.2 Å². The largest absolute Gasteiger partial charge is 0.493 e. The monoisotopic (exact) mass is 351 g/mol. The molecule has 1 aromatic heterocycles. The van der Waals surface area contributed by atoms with E-state index in [4.69, 9.17) is 13.9 Å². The summed E-state index contributed by atoms with van der Waals surface area (Å²) in [6, 6.07) is 15.3. The Morgan fingerprint density at radius 1 is 1.19 bits per heavy atom. The number of fused-ring (bicyclic) bond motifs is 2. The van der Waals surface area contributed by atoms with Crippen LogP contribution in [0, 0.1) is 0 Å². The molecule has 5 heteroatoms. The van der Waals surface area contributed by atoms with Crippen LogP contribution >= 0.6 is 0 Å². The summed E-state index contributed by atoms with van der Waals surface area (Å²) in [5.41, 5.74) is 2.48. The third kappa shape index (κ3) is 3.06. The number of amides is 1. The van der Waals surface area contributed by atoms with Crippen molar-refractivity contribution < 1.29 is 18.7 Å². The molecule has 1 atom stereocenters. The highest BCUT2D eigenvalue weighted by Gasteiger charge is 2.26. The summed E-state index contributed by atoms with van der Waals surface area (Å²) in [6.07, 6.45) is 0.726. The maximum atomic E-state index is 13.0. The molecule has 1 aliphatic rings. The average molecular weight is 351 g/mol. The number of hydrogen-bond acceptors (Lipinski definition) is 4. The Bertz CT molecular complexity index is 931. The molecule has 0 unspecified atom stereocenters. The normalized spacial score (nSPS) is 16.1. The van der Waals surface area contributed by atoms with Crippen molar-refractivity contribution in [2.75, 3.05) is 13.2 Å². The number of carbonyl (C=O) groups is 1. The minimum atomic E-state index is -0.224. The van der Waals surface area contributed by atoms with Crippen molar-refractivity contribution in [1.29, 1.82) is 0 Å². The standard InChI is InChI=1S/C21H21NO4/c1-2-24-13-16-14-7-3-6-10-19(14)26-20(16)21(23)22-17-11-12-25-18-9-5-4-8-15(17)18/h3-10,17H,2,11-13H2,1H3,(H,22,23)/t17-/m0/s1. The Labute approximate surface area is 151 Å². The van der Waals surface area contributed by atoms with Crippen LogP contribution in [0.1, 0.15) is 41.1 Å². The van der Waals surface area contributed by atoms with Crippen molar-refractivity contribution in [3.63, 3.8) is 0 Å². The van der Waals surface area contributed by atoms with Crippen molar-refractivity contribution in [2.24, 2.45) is 0 Å². The molecule has 3 aromatic rings. The van der Waals surface area contributed by atoms with Gasteiger partial charge in [0, 0.05) is 29.5 Å². The lowest BCUT2D eigenvalue weighted by Gasteiger charge is -2.26. The third-order valence-electron chi connectivity index (χ3n) is 4.62. The van der Waals surface area contributed by atoms with E-state index in [0.29, 0.717) is 31.2 Å². The molecule has 0 fully saturated rings. The van der Waals surface area contributed by atoms with Gasteiger partial charge in [0.1, 0.15) is 11.3 Å². The highest BCUT2D eigenvalue weighted by molar-refractivity contribution is 5.99. The fraction of sp³-hybridized carbons (Fsp3) is 0.286. The summed E-state index contributed by atoms with van der Waals surface area (Å²) in [4.78, 5) is 13.0. The van der Waals surface area contributed by atoms with Gasteiger partial charge in [-0.3, -0.25) is 4.79 Å². The second-order valence-corrected chi connectivity index (χ2v) is 6.24. The molecule has 0 aliphatic carbocycles. The van der Waals surface area contributed by atoms with E-state index in [2.05, 4.69) is 5.32 Å². The van der Waals surface area contributed by atoms with E-state index in [1.54, 1.807) is 0 Å². The van der Waals surface area contributed by atoms with Crippen molar-refractivity contribution in [3.05, 3.63) is 65.4 Å². The Morgan fingerprint density at radius 3 is 2.88 bits per heavy atom. The van der Waals surface area contributed by atoms with E-state index in [1.807, 2.05) is 55.5 Å². The topological polar surface area (TPSA) is 60.7 Å². The SMILES string of the molecule is CCOCc1c(C(=O)N[C@H]2CCOc3ccccc32)oc2ccccc12. The summed E-state index contributed by atoms with van der Waals surface area (Å²) in [5.74, 6) is 0.921. The molecule has 1 N–H and O–H groups in total. The molecule has 0 spiro atoms. The van der Waals surface area contributed by atoms with Crippen LogP contribution in [-0.2, 0) is 11.3 Å². The Balaban J connectivity index is 1.65. The zero-order valence-corrected chi connectivity index (χ0v) is 14.7. The van der Waals surface area contributed by atoms with E-state index in [1.165, 1.54) is 0 Å². The molecule has 0 saturated heterocycles. The predicted molar refractivity (Wildman–Crippen MR) is 98.3 cm³/mol. The van der Waals surface area contributed by atoms with Gasteiger partial charge in [-0.05, 0) is 19.1 Å². The zero-order valence-electron chi connectivity index (χ0n) is 14.7. The molecule has 1 aliphatic heterocycles. The molecule has 0 bridgehead atoms. The van der Waals surface area contributed by atoms with Crippen LogP contribution in [0.3, 0.4) is 0 Å². The molecule has 0 saturated carbocycles. The van der Waals surface area contributed by atoms with E-state index >= 15 is 0 Å². The Morgan fingerprint density at radius 2 is 2.00 bits per heavy atom. The first-order chi connectivity index (χ1) is 12.8. The molecule has 1 amide bonds. The molecule has 4 rings (SSSR count). The van der Waals surface area contributed by atoms with Gasteiger partial charge in [0.15, 0.2) is 5.76 Å². The lowest BCUT2D eigenvalue weighted by molar-refractivity contribution is 0.0886. The second kappa shape index (κ2) is 7.22. The van der Waals surface area contributed by atoms with Crippen LogP contribution < -0.4 is 10.1 Å². The van der Waals surface area contributed by atoms with Gasteiger partial charge in [-0.1, -0.05) is 36.4 Å². The highest BCUT2D eigenvalue weighted by Crippen LogP contribution is 2.33. The van der Waals surface area contributed by atoms with Crippen LogP contribution in [0.5, 0.6) is 5.75 Å². The van der Waals surface area contributed by atoms with Crippen LogP contribution in [0.25, 0.3) is 11.0 Å². The van der Waals surface area contributed by atoms with Gasteiger partial charge in [0.25, 0.3) is 5.91 Å². The van der Waals surface area contributed by atoms with Crippen LogP contribution in [0.15, 0.2) is 52.9 Å². The summed E-state index contributed by atoms with van der Waals surface area (Å²) in [5, 5.41) is 4.02. The van der Waals surface area contributed by atoms with Crippen molar-refractivity contribution in [1.82, 2.24) is 5.32 Å². The zero-order chi connectivity index (χ0) is 17.9. The maximum Gasteiger partial charge on any atom is 0.287 e. The average Bonchev–Trinajstić information content (AvgIpc) is 3.05. The molecular weight excluding hydrogens is 330 g/mol. The predicted octanol–water partition coefficient (Wildman–Crippen LogP) is 4.22. The molecule has 5 nitrogen and oxygen atoms in total. The number of hydrogen-bond donors (Lipinski definition) is 1. The van der Waals surface area contributed by atoms with Gasteiger partial charge >= 0.3 is 0 Å². The summed E-state index contributed by atoms with van der Waals surface area (Å²) in [6.45, 7) is 3.43. The van der Waals surface area contributed by atoms with E-state index in [-0.39, 0.29) is 11.9 Å². The molecule has 2 aromatic carbocycles. The van der Waals surface area contributed by atoms with Crippen molar-refractivity contribution in [3.8, 4) is 5.75 Å². The smallest absolute Gasteiger partial charge is 0.287 e. The molecule has 134 valence electrons. The van der Waals surface area contributed by atoms with Gasteiger partial charge in [0.05, 0.1) is 19.3 Å². The number of furan rings is 1. The summed E-state index contributed by atoms with van der Waals surface area (Å²) < 4.78 is 17.1. The first-order valence-corrected chi connectivity index (χ1v) is 8.88. The van der Waals surface area contributed by atoms with Gasteiger partial charge in [-0.25, -0.2) is 0 Å². The minimum absolute atomic E-state index is 0.0967. The molecule has 26 heavy (non-hydrogen) atoms. The molecule has 0 radical (unpaired) electrons. The second-order valence-electron chi connectivity index (χ2n) is 6.24. The first-order valence-electron chi connectivity index (χ1n) is 8.88. The Hall–Kier alpha value is -2.79. The first kappa shape index (κ1) is 16.7. The quantitative estimate of drug-likeness (QED) is 0.747. The lowest BCUT2D eigenvalue weighted by Crippen LogP contribution is -2.32. The Kier molecular flexibility index (Phi) is 4.63. The summed E-state index contributed by atoms with van der Waals surface area (Å²) in [7, 11) is 0. The van der Waals surface area contributed by atoms with E-state index in [0.717, 1.165) is 28.7 Å². The van der Waals surface area contributed by atoms with Crippen LogP contribution in [-0.4, -0.2) is 19.1 Å². The number of benzene rings is 2.